The second-order valence-corrected chi connectivity index (χ2v) is 9.51. The Hall–Kier alpha value is -4.67. The summed E-state index contributed by atoms with van der Waals surface area (Å²) in [6.45, 7) is 0.791. The fourth-order valence-electron chi connectivity index (χ4n) is 5.67. The van der Waals surface area contributed by atoms with Gasteiger partial charge in [0.1, 0.15) is 23.8 Å². The minimum atomic E-state index is -1.31. The Morgan fingerprint density at radius 1 is 1.08 bits per heavy atom. The predicted octanol–water partition coefficient (Wildman–Crippen LogP) is 5.37. The van der Waals surface area contributed by atoms with E-state index >= 15 is 0 Å². The molecular formula is C32H28N2O5. The van der Waals surface area contributed by atoms with Crippen LogP contribution in [-0.4, -0.2) is 23.7 Å². The van der Waals surface area contributed by atoms with Crippen molar-refractivity contribution in [1.82, 2.24) is 4.98 Å². The number of hydrogen-bond acceptors (Lipinski definition) is 7. The van der Waals surface area contributed by atoms with Gasteiger partial charge in [0, 0.05) is 12.0 Å². The minimum absolute atomic E-state index is 0.0930. The lowest BCUT2D eigenvalue weighted by Gasteiger charge is -2.39. The first-order valence-corrected chi connectivity index (χ1v) is 12.7. The first kappa shape index (κ1) is 26.0. The largest absolute Gasteiger partial charge is 0.487 e. The second-order valence-electron chi connectivity index (χ2n) is 9.51. The molecule has 1 fully saturated rings. The van der Waals surface area contributed by atoms with Crippen LogP contribution in [0.15, 0.2) is 97.2 Å². The van der Waals surface area contributed by atoms with Crippen LogP contribution >= 0.6 is 0 Å². The van der Waals surface area contributed by atoms with Crippen LogP contribution in [0.5, 0.6) is 11.5 Å². The number of nitriles is 1. The molecule has 0 spiro atoms. The van der Waals surface area contributed by atoms with Gasteiger partial charge in [-0.25, -0.2) is 0 Å². The predicted molar refractivity (Wildman–Crippen MR) is 144 cm³/mol. The van der Waals surface area contributed by atoms with E-state index in [0.29, 0.717) is 42.3 Å². The molecular weight excluding hydrogens is 492 g/mol. The fraction of sp³-hybridized carbons (Fsp3) is 0.219. The van der Waals surface area contributed by atoms with Crippen LogP contribution in [-0.2, 0) is 27.3 Å². The van der Waals surface area contributed by atoms with Crippen LogP contribution in [0, 0.1) is 11.3 Å². The number of nitrogens with zero attached hydrogens (tertiary/aromatic N) is 2. The molecule has 3 unspecified atom stereocenters. The van der Waals surface area contributed by atoms with E-state index in [0.717, 1.165) is 23.1 Å². The van der Waals surface area contributed by atoms with Gasteiger partial charge in [-0.2, -0.15) is 5.26 Å². The SMILES string of the molecule is COC=O.N#Cc1ccc(C23Oc4cc(OCc5ccccc5)cnc4C2(O)CCC3c2ccccc2)cc1. The van der Waals surface area contributed by atoms with Gasteiger partial charge >= 0.3 is 0 Å². The summed E-state index contributed by atoms with van der Waals surface area (Å²) >= 11 is 0. The molecule has 6 rings (SSSR count). The number of benzene rings is 3. The lowest BCUT2D eigenvalue weighted by molar-refractivity contribution is -0.126. The summed E-state index contributed by atoms with van der Waals surface area (Å²) in [5.41, 5.74) is 1.71. The molecule has 2 aliphatic rings. The number of aliphatic hydroxyl groups is 1. The molecule has 1 saturated carbocycles. The highest BCUT2D eigenvalue weighted by atomic mass is 16.5. The van der Waals surface area contributed by atoms with E-state index in [-0.39, 0.29) is 5.92 Å². The number of carbonyl (C=O) groups excluding carboxylic acids is 1. The molecule has 1 aromatic heterocycles. The molecule has 4 aromatic rings. The fourth-order valence-corrected chi connectivity index (χ4v) is 5.67. The maximum absolute atomic E-state index is 12.3. The smallest absolute Gasteiger partial charge is 0.292 e. The van der Waals surface area contributed by atoms with Crippen molar-refractivity contribution in [3.8, 4) is 17.6 Å². The normalized spacial score (nSPS) is 22.2. The van der Waals surface area contributed by atoms with Gasteiger partial charge in [0.2, 0.25) is 0 Å². The molecule has 0 saturated heterocycles. The first-order chi connectivity index (χ1) is 19.1. The molecule has 0 radical (unpaired) electrons. The molecule has 7 nitrogen and oxygen atoms in total. The summed E-state index contributed by atoms with van der Waals surface area (Å²) in [5, 5.41) is 21.6. The van der Waals surface area contributed by atoms with Gasteiger partial charge in [-0.1, -0.05) is 72.8 Å². The number of aromatic nitrogens is 1. The number of methoxy groups -OCH3 is 1. The van der Waals surface area contributed by atoms with Gasteiger partial charge in [0.05, 0.1) is 24.9 Å². The third-order valence-electron chi connectivity index (χ3n) is 7.38. The van der Waals surface area contributed by atoms with Crippen LogP contribution in [0.4, 0.5) is 0 Å². The third-order valence-corrected chi connectivity index (χ3v) is 7.38. The molecule has 1 N–H and O–H groups in total. The molecule has 196 valence electrons. The molecule has 2 heterocycles. The highest BCUT2D eigenvalue weighted by Gasteiger charge is 2.69. The van der Waals surface area contributed by atoms with Gasteiger partial charge in [0.25, 0.3) is 6.47 Å². The monoisotopic (exact) mass is 520 g/mol. The average Bonchev–Trinajstić information content (AvgIpc) is 3.43. The van der Waals surface area contributed by atoms with Crippen molar-refractivity contribution in [3.63, 3.8) is 0 Å². The van der Waals surface area contributed by atoms with Crippen molar-refractivity contribution in [2.24, 2.45) is 0 Å². The van der Waals surface area contributed by atoms with Gasteiger partial charge in [-0.05, 0) is 41.7 Å². The molecule has 1 aliphatic heterocycles. The topological polar surface area (TPSA) is 102 Å². The van der Waals surface area contributed by atoms with E-state index in [1.807, 2.05) is 66.7 Å². The Bertz CT molecular complexity index is 1470. The van der Waals surface area contributed by atoms with E-state index in [1.165, 1.54) is 7.11 Å². The molecule has 39 heavy (non-hydrogen) atoms. The van der Waals surface area contributed by atoms with Crippen LogP contribution in [0.3, 0.4) is 0 Å². The number of ether oxygens (including phenoxy) is 3. The van der Waals surface area contributed by atoms with Gasteiger partial charge in [0.15, 0.2) is 11.2 Å². The summed E-state index contributed by atoms with van der Waals surface area (Å²) in [5.74, 6) is 1.02. The van der Waals surface area contributed by atoms with Crippen LogP contribution in [0.1, 0.15) is 46.7 Å². The van der Waals surface area contributed by atoms with Crippen LogP contribution < -0.4 is 9.47 Å². The third kappa shape index (κ3) is 4.60. The van der Waals surface area contributed by atoms with Gasteiger partial charge in [-0.3, -0.25) is 9.78 Å². The molecule has 0 bridgehead atoms. The first-order valence-electron chi connectivity index (χ1n) is 12.7. The lowest BCUT2D eigenvalue weighted by Crippen LogP contribution is -2.48. The van der Waals surface area contributed by atoms with Crippen LogP contribution in [0.2, 0.25) is 0 Å². The van der Waals surface area contributed by atoms with Crippen molar-refractivity contribution in [2.75, 3.05) is 7.11 Å². The summed E-state index contributed by atoms with van der Waals surface area (Å²) < 4.78 is 16.6. The number of hydrogen-bond donors (Lipinski definition) is 1. The maximum Gasteiger partial charge on any atom is 0.292 e. The molecule has 0 amide bonds. The lowest BCUT2D eigenvalue weighted by atomic mass is 9.72. The van der Waals surface area contributed by atoms with E-state index in [2.05, 4.69) is 27.9 Å². The Kier molecular flexibility index (Phi) is 7.31. The molecule has 1 aliphatic carbocycles. The van der Waals surface area contributed by atoms with Gasteiger partial charge in [-0.15, -0.1) is 0 Å². The Balaban J connectivity index is 0.000000723. The van der Waals surface area contributed by atoms with Crippen molar-refractivity contribution in [2.45, 2.75) is 36.6 Å². The van der Waals surface area contributed by atoms with Crippen molar-refractivity contribution in [3.05, 3.63) is 125 Å². The zero-order chi connectivity index (χ0) is 27.3. The molecule has 3 aromatic carbocycles. The second kappa shape index (κ2) is 11.0. The molecule has 7 heteroatoms. The highest BCUT2D eigenvalue weighted by Crippen LogP contribution is 2.66. The number of rotatable bonds is 6. The summed E-state index contributed by atoms with van der Waals surface area (Å²) in [7, 11) is 1.31. The standard InChI is InChI=1S/C30H24N2O3.C2H4O2/c31-18-21-11-13-24(14-12-21)30-26(23-9-5-2-6-10-23)15-16-29(30,33)28-27(35-30)17-25(19-32-28)34-20-22-7-3-1-4-8-22;1-4-2-3/h1-14,17,19,26,33H,15-16,20H2;2H,1H3. The number of pyridine rings is 1. The summed E-state index contributed by atoms with van der Waals surface area (Å²) in [6, 6.07) is 31.4. The minimum Gasteiger partial charge on any atom is -0.487 e. The van der Waals surface area contributed by atoms with Crippen molar-refractivity contribution >= 4 is 6.47 Å². The summed E-state index contributed by atoms with van der Waals surface area (Å²) in [6.07, 6.45) is 2.92. The van der Waals surface area contributed by atoms with E-state index in [9.17, 15) is 10.4 Å². The number of carbonyl (C=O) groups is 1. The van der Waals surface area contributed by atoms with Crippen LogP contribution in [0.25, 0.3) is 0 Å². The zero-order valence-electron chi connectivity index (χ0n) is 21.5. The van der Waals surface area contributed by atoms with E-state index < -0.39 is 11.2 Å². The van der Waals surface area contributed by atoms with Crippen molar-refractivity contribution in [1.29, 1.82) is 5.26 Å². The van der Waals surface area contributed by atoms with E-state index in [4.69, 9.17) is 14.3 Å². The van der Waals surface area contributed by atoms with Gasteiger partial charge < -0.3 is 19.3 Å². The maximum atomic E-state index is 12.3. The quantitative estimate of drug-likeness (QED) is 0.341. The van der Waals surface area contributed by atoms with Crippen molar-refractivity contribution < 1.29 is 24.1 Å². The Morgan fingerprint density at radius 2 is 1.74 bits per heavy atom. The zero-order valence-corrected chi connectivity index (χ0v) is 21.5. The summed E-state index contributed by atoms with van der Waals surface area (Å²) in [4.78, 5) is 13.6. The molecule has 3 atom stereocenters. The average molecular weight is 521 g/mol. The highest BCUT2D eigenvalue weighted by molar-refractivity contribution is 5.53. The Morgan fingerprint density at radius 3 is 2.38 bits per heavy atom. The number of fused-ring (bicyclic) bond motifs is 3. The van der Waals surface area contributed by atoms with E-state index in [1.54, 1.807) is 18.3 Å². The Labute approximate surface area is 227 Å².